The summed E-state index contributed by atoms with van der Waals surface area (Å²) in [5, 5.41) is 2.45. The maximum absolute atomic E-state index is 13.6. The van der Waals surface area contributed by atoms with Crippen LogP contribution in [0.3, 0.4) is 0 Å². The van der Waals surface area contributed by atoms with Crippen LogP contribution in [-0.2, 0) is 16.1 Å². The monoisotopic (exact) mass is 279 g/mol. The molecule has 1 aromatic carbocycles. The topological polar surface area (TPSA) is 75.4 Å². The Morgan fingerprint density at radius 3 is 2.65 bits per heavy atom. The molecule has 1 aliphatic rings. The maximum atomic E-state index is 13.6. The predicted octanol–water partition coefficient (Wildman–Crippen LogP) is 0.392. The van der Waals surface area contributed by atoms with E-state index in [1.54, 1.807) is 23.1 Å². The quantitative estimate of drug-likeness (QED) is 0.791. The Morgan fingerprint density at radius 1 is 1.35 bits per heavy atom. The molecule has 3 N–H and O–H groups in total. The number of carbonyl (C=O) groups excluding carboxylic acids is 2. The van der Waals surface area contributed by atoms with Crippen molar-refractivity contribution in [3.8, 4) is 0 Å². The largest absolute Gasteiger partial charge is 0.346 e. The van der Waals surface area contributed by atoms with Gasteiger partial charge in [-0.2, -0.15) is 0 Å². The van der Waals surface area contributed by atoms with Crippen LogP contribution in [0.25, 0.3) is 0 Å². The van der Waals surface area contributed by atoms with Crippen molar-refractivity contribution in [3.05, 3.63) is 35.6 Å². The number of carbonyl (C=O) groups is 2. The van der Waals surface area contributed by atoms with Crippen LogP contribution in [0.15, 0.2) is 24.3 Å². The van der Waals surface area contributed by atoms with Gasteiger partial charge in [0.05, 0.1) is 13.1 Å². The molecule has 0 unspecified atom stereocenters. The molecule has 1 saturated carbocycles. The first-order valence-corrected chi connectivity index (χ1v) is 6.61. The first kappa shape index (κ1) is 14.5. The lowest BCUT2D eigenvalue weighted by atomic mass is 10.2. The molecule has 5 nitrogen and oxygen atoms in total. The van der Waals surface area contributed by atoms with Gasteiger partial charge in [-0.25, -0.2) is 4.39 Å². The highest BCUT2D eigenvalue weighted by molar-refractivity contribution is 5.85. The number of benzene rings is 1. The molecule has 2 rings (SSSR count). The second-order valence-corrected chi connectivity index (χ2v) is 4.83. The standard InChI is InChI=1S/C14H18FN3O2/c15-12-4-2-1-3-10(12)9-18(11-5-6-11)14(20)8-17-13(19)7-16/h1-4,11H,5-9,16H2,(H,17,19). The van der Waals surface area contributed by atoms with Gasteiger partial charge in [0, 0.05) is 18.2 Å². The molecule has 0 heterocycles. The van der Waals surface area contributed by atoms with Crippen LogP contribution in [0.5, 0.6) is 0 Å². The second kappa shape index (κ2) is 6.47. The van der Waals surface area contributed by atoms with E-state index in [1.807, 2.05) is 0 Å². The minimum Gasteiger partial charge on any atom is -0.346 e. The average Bonchev–Trinajstić information content (AvgIpc) is 3.28. The summed E-state index contributed by atoms with van der Waals surface area (Å²) >= 11 is 0. The zero-order chi connectivity index (χ0) is 14.5. The van der Waals surface area contributed by atoms with Crippen LogP contribution in [0, 0.1) is 5.82 Å². The minimum atomic E-state index is -0.375. The van der Waals surface area contributed by atoms with E-state index in [2.05, 4.69) is 5.32 Å². The Hall–Kier alpha value is -1.95. The Labute approximate surface area is 116 Å². The predicted molar refractivity (Wildman–Crippen MR) is 72.0 cm³/mol. The lowest BCUT2D eigenvalue weighted by molar-refractivity contribution is -0.133. The third kappa shape index (κ3) is 3.77. The van der Waals surface area contributed by atoms with Crippen molar-refractivity contribution in [1.82, 2.24) is 10.2 Å². The van der Waals surface area contributed by atoms with Gasteiger partial charge in [0.15, 0.2) is 0 Å². The SMILES string of the molecule is NCC(=O)NCC(=O)N(Cc1ccccc1F)C1CC1. The number of hydrogen-bond donors (Lipinski definition) is 2. The summed E-state index contributed by atoms with van der Waals surface area (Å²) in [5.41, 5.74) is 5.65. The zero-order valence-corrected chi connectivity index (χ0v) is 11.1. The molecule has 108 valence electrons. The fourth-order valence-electron chi connectivity index (χ4n) is 1.97. The van der Waals surface area contributed by atoms with Crippen molar-refractivity contribution in [2.45, 2.75) is 25.4 Å². The van der Waals surface area contributed by atoms with Gasteiger partial charge < -0.3 is 16.0 Å². The Kier molecular flexibility index (Phi) is 4.68. The summed E-state index contributed by atoms with van der Waals surface area (Å²) in [5.74, 6) is -0.908. The summed E-state index contributed by atoms with van der Waals surface area (Å²) in [7, 11) is 0. The normalized spacial score (nSPS) is 13.9. The third-order valence-electron chi connectivity index (χ3n) is 3.23. The summed E-state index contributed by atoms with van der Waals surface area (Å²) in [6.07, 6.45) is 1.84. The van der Waals surface area contributed by atoms with Crippen LogP contribution in [-0.4, -0.2) is 35.8 Å². The molecule has 1 aliphatic carbocycles. The number of nitrogens with zero attached hydrogens (tertiary/aromatic N) is 1. The lowest BCUT2D eigenvalue weighted by Crippen LogP contribution is -2.42. The number of amides is 2. The summed E-state index contributed by atoms with van der Waals surface area (Å²) in [6, 6.07) is 6.54. The van der Waals surface area contributed by atoms with E-state index >= 15 is 0 Å². The number of halogens is 1. The molecule has 1 aromatic rings. The molecule has 0 bridgehead atoms. The van der Waals surface area contributed by atoms with E-state index in [-0.39, 0.29) is 43.3 Å². The lowest BCUT2D eigenvalue weighted by Gasteiger charge is -2.23. The van der Waals surface area contributed by atoms with Crippen LogP contribution in [0.2, 0.25) is 0 Å². The molecule has 0 aromatic heterocycles. The van der Waals surface area contributed by atoms with Gasteiger partial charge in [-0.3, -0.25) is 9.59 Å². The van der Waals surface area contributed by atoms with Crippen molar-refractivity contribution < 1.29 is 14.0 Å². The molecule has 0 spiro atoms. The molecule has 0 atom stereocenters. The van der Waals surface area contributed by atoms with Crippen LogP contribution in [0.4, 0.5) is 4.39 Å². The highest BCUT2D eigenvalue weighted by Crippen LogP contribution is 2.28. The summed E-state index contributed by atoms with van der Waals surface area (Å²) in [6.45, 7) is -0.0142. The number of hydrogen-bond acceptors (Lipinski definition) is 3. The smallest absolute Gasteiger partial charge is 0.242 e. The number of nitrogens with two attached hydrogens (primary N) is 1. The van der Waals surface area contributed by atoms with Crippen LogP contribution >= 0.6 is 0 Å². The zero-order valence-electron chi connectivity index (χ0n) is 11.1. The second-order valence-electron chi connectivity index (χ2n) is 4.83. The molecule has 0 radical (unpaired) electrons. The molecular formula is C14H18FN3O2. The minimum absolute atomic E-state index is 0.0962. The van der Waals surface area contributed by atoms with Crippen LogP contribution in [0.1, 0.15) is 18.4 Å². The molecule has 20 heavy (non-hydrogen) atoms. The highest BCUT2D eigenvalue weighted by Gasteiger charge is 2.32. The first-order valence-electron chi connectivity index (χ1n) is 6.61. The van der Waals surface area contributed by atoms with E-state index < -0.39 is 0 Å². The van der Waals surface area contributed by atoms with Crippen molar-refractivity contribution in [2.75, 3.05) is 13.1 Å². The van der Waals surface area contributed by atoms with Crippen molar-refractivity contribution >= 4 is 11.8 Å². The molecule has 0 saturated heterocycles. The van der Waals surface area contributed by atoms with Gasteiger partial charge in [0.2, 0.25) is 11.8 Å². The van der Waals surface area contributed by atoms with Gasteiger partial charge >= 0.3 is 0 Å². The Balaban J connectivity index is 1.99. The first-order chi connectivity index (χ1) is 9.61. The molecule has 0 aliphatic heterocycles. The van der Waals surface area contributed by atoms with E-state index in [0.717, 1.165) is 12.8 Å². The maximum Gasteiger partial charge on any atom is 0.242 e. The van der Waals surface area contributed by atoms with Crippen molar-refractivity contribution in [2.24, 2.45) is 5.73 Å². The summed E-state index contributed by atoms with van der Waals surface area (Å²) < 4.78 is 13.6. The average molecular weight is 279 g/mol. The Morgan fingerprint density at radius 2 is 2.05 bits per heavy atom. The molecule has 6 heteroatoms. The van der Waals surface area contributed by atoms with Crippen LogP contribution < -0.4 is 11.1 Å². The van der Waals surface area contributed by atoms with Crippen molar-refractivity contribution in [3.63, 3.8) is 0 Å². The van der Waals surface area contributed by atoms with Crippen molar-refractivity contribution in [1.29, 1.82) is 0 Å². The highest BCUT2D eigenvalue weighted by atomic mass is 19.1. The molecular weight excluding hydrogens is 261 g/mol. The summed E-state index contributed by atoms with van der Waals surface area (Å²) in [4.78, 5) is 24.8. The van der Waals surface area contributed by atoms with Gasteiger partial charge in [-0.05, 0) is 18.9 Å². The number of rotatable bonds is 6. The van der Waals surface area contributed by atoms with E-state index in [1.165, 1.54) is 6.07 Å². The van der Waals surface area contributed by atoms with Gasteiger partial charge in [0.1, 0.15) is 5.82 Å². The molecule has 1 fully saturated rings. The fourth-order valence-corrected chi connectivity index (χ4v) is 1.97. The van der Waals surface area contributed by atoms with Gasteiger partial charge in [-0.15, -0.1) is 0 Å². The van der Waals surface area contributed by atoms with E-state index in [9.17, 15) is 14.0 Å². The van der Waals surface area contributed by atoms with E-state index in [0.29, 0.717) is 5.56 Å². The van der Waals surface area contributed by atoms with Gasteiger partial charge in [-0.1, -0.05) is 18.2 Å². The Bertz CT molecular complexity index is 503. The fraction of sp³-hybridized carbons (Fsp3) is 0.429. The van der Waals surface area contributed by atoms with E-state index in [4.69, 9.17) is 5.73 Å². The third-order valence-corrected chi connectivity index (χ3v) is 3.23. The van der Waals surface area contributed by atoms with Gasteiger partial charge in [0.25, 0.3) is 0 Å². The number of nitrogens with one attached hydrogen (secondary N) is 1. The molecule has 2 amide bonds.